The van der Waals surface area contributed by atoms with Gasteiger partial charge in [0.1, 0.15) is 5.75 Å². The molecule has 0 saturated carbocycles. The highest BCUT2D eigenvalue weighted by atomic mass is 35.5. The molecule has 148 valence electrons. The summed E-state index contributed by atoms with van der Waals surface area (Å²) in [5.41, 5.74) is 1.33. The van der Waals surface area contributed by atoms with E-state index in [1.807, 2.05) is 6.92 Å². The van der Waals surface area contributed by atoms with E-state index in [1.165, 1.54) is 17.0 Å². The molecule has 1 aliphatic heterocycles. The maximum Gasteiger partial charge on any atom is 0.265 e. The second-order valence-electron chi connectivity index (χ2n) is 6.29. The van der Waals surface area contributed by atoms with E-state index in [2.05, 4.69) is 0 Å². The van der Waals surface area contributed by atoms with Gasteiger partial charge in [-0.05, 0) is 48.9 Å². The maximum atomic E-state index is 12.9. The Bertz CT molecular complexity index is 1050. The van der Waals surface area contributed by atoms with Crippen LogP contribution in [0.3, 0.4) is 0 Å². The molecule has 1 aliphatic rings. The van der Waals surface area contributed by atoms with Crippen molar-refractivity contribution in [3.8, 4) is 5.75 Å². The molecule has 1 amide bonds. The van der Waals surface area contributed by atoms with Crippen LogP contribution in [0.25, 0.3) is 0 Å². The first-order valence-electron chi connectivity index (χ1n) is 8.23. The van der Waals surface area contributed by atoms with Crippen LogP contribution < -0.4 is 9.64 Å². The third-order valence-corrected chi connectivity index (χ3v) is 6.51. The first-order chi connectivity index (χ1) is 13.2. The predicted molar refractivity (Wildman–Crippen MR) is 112 cm³/mol. The van der Waals surface area contributed by atoms with Crippen LogP contribution in [0.15, 0.2) is 47.9 Å². The van der Waals surface area contributed by atoms with Gasteiger partial charge >= 0.3 is 0 Å². The zero-order valence-corrected chi connectivity index (χ0v) is 17.8. The van der Waals surface area contributed by atoms with Gasteiger partial charge in [0.15, 0.2) is 16.4 Å². The number of ether oxygens (including phenoxy) is 1. The molecule has 0 fully saturated rings. The molecule has 0 bridgehead atoms. The highest BCUT2D eigenvalue weighted by Gasteiger charge is 2.32. The summed E-state index contributed by atoms with van der Waals surface area (Å²) in [4.78, 5) is 14.3. The largest absolute Gasteiger partial charge is 0.482 e. The number of carbonyl (C=O) groups is 1. The molecule has 5 nitrogen and oxygen atoms in total. The Morgan fingerprint density at radius 2 is 1.89 bits per heavy atom. The third kappa shape index (κ3) is 4.81. The van der Waals surface area contributed by atoms with E-state index in [9.17, 15) is 13.2 Å². The summed E-state index contributed by atoms with van der Waals surface area (Å²) in [6.07, 6.45) is 1.48. The Kier molecular flexibility index (Phi) is 6.25. The monoisotopic (exact) mass is 459 g/mol. The molecule has 0 N–H and O–H groups in total. The Morgan fingerprint density at radius 1 is 1.14 bits per heavy atom. The van der Waals surface area contributed by atoms with Crippen molar-refractivity contribution in [2.75, 3.05) is 17.3 Å². The van der Waals surface area contributed by atoms with Crippen LogP contribution in [0.5, 0.6) is 5.75 Å². The molecule has 1 unspecified atom stereocenters. The van der Waals surface area contributed by atoms with Crippen molar-refractivity contribution in [1.82, 2.24) is 0 Å². The van der Waals surface area contributed by atoms with Gasteiger partial charge in [-0.2, -0.15) is 0 Å². The molecule has 1 heterocycles. The summed E-state index contributed by atoms with van der Waals surface area (Å²) in [6, 6.07) is 9.12. The summed E-state index contributed by atoms with van der Waals surface area (Å²) < 4.78 is 29.3. The standard InChI is InChI=1S/C19H16Cl3NO4S/c1-12-2-4-14(9-16(12)21)23(15-6-7-28(25,26)11-15)19(24)10-27-18-5-3-13(20)8-17(18)22/h2-9,15H,10-11H2,1H3. The number of nitrogens with zero attached hydrogens (tertiary/aromatic N) is 1. The van der Waals surface area contributed by atoms with Crippen molar-refractivity contribution in [1.29, 1.82) is 0 Å². The molecule has 0 aliphatic carbocycles. The normalized spacial score (nSPS) is 17.5. The van der Waals surface area contributed by atoms with E-state index >= 15 is 0 Å². The molecule has 3 rings (SSSR count). The molecular formula is C19H16Cl3NO4S. The van der Waals surface area contributed by atoms with Crippen molar-refractivity contribution in [2.24, 2.45) is 0 Å². The van der Waals surface area contributed by atoms with Crippen LogP contribution in [0, 0.1) is 6.92 Å². The lowest BCUT2D eigenvalue weighted by Crippen LogP contribution is -2.43. The first-order valence-corrected chi connectivity index (χ1v) is 11.1. The molecule has 0 radical (unpaired) electrons. The van der Waals surface area contributed by atoms with Gasteiger partial charge in [0.05, 0.1) is 16.8 Å². The average molecular weight is 461 g/mol. The minimum atomic E-state index is -3.36. The topological polar surface area (TPSA) is 63.7 Å². The van der Waals surface area contributed by atoms with E-state index in [4.69, 9.17) is 39.5 Å². The van der Waals surface area contributed by atoms with Gasteiger partial charge in [-0.25, -0.2) is 8.42 Å². The molecule has 0 saturated heterocycles. The highest BCUT2D eigenvalue weighted by Crippen LogP contribution is 2.29. The fourth-order valence-corrected chi connectivity index (χ4v) is 4.68. The van der Waals surface area contributed by atoms with Crippen LogP contribution in [-0.2, 0) is 14.6 Å². The third-order valence-electron chi connectivity index (χ3n) is 4.19. The highest BCUT2D eigenvalue weighted by molar-refractivity contribution is 7.94. The lowest BCUT2D eigenvalue weighted by molar-refractivity contribution is -0.120. The fraction of sp³-hybridized carbons (Fsp3) is 0.211. The van der Waals surface area contributed by atoms with Gasteiger partial charge in [0, 0.05) is 21.1 Å². The quantitative estimate of drug-likeness (QED) is 0.650. The molecule has 0 spiro atoms. The van der Waals surface area contributed by atoms with Crippen molar-refractivity contribution in [2.45, 2.75) is 13.0 Å². The van der Waals surface area contributed by atoms with Gasteiger partial charge in [0.25, 0.3) is 5.91 Å². The first kappa shape index (κ1) is 21.0. The average Bonchev–Trinajstić information content (AvgIpc) is 2.97. The zero-order valence-electron chi connectivity index (χ0n) is 14.7. The molecule has 9 heteroatoms. The number of halogens is 3. The van der Waals surface area contributed by atoms with Crippen molar-refractivity contribution >= 4 is 56.2 Å². The number of hydrogen-bond acceptors (Lipinski definition) is 4. The SMILES string of the molecule is Cc1ccc(N(C(=O)COc2ccc(Cl)cc2Cl)C2C=CS(=O)(=O)C2)cc1Cl. The van der Waals surface area contributed by atoms with Crippen LogP contribution in [-0.4, -0.2) is 32.7 Å². The minimum Gasteiger partial charge on any atom is -0.482 e. The molecule has 28 heavy (non-hydrogen) atoms. The smallest absolute Gasteiger partial charge is 0.265 e. The summed E-state index contributed by atoms with van der Waals surface area (Å²) in [5, 5.41) is 2.31. The van der Waals surface area contributed by atoms with E-state index in [0.717, 1.165) is 11.0 Å². The second-order valence-corrected chi connectivity index (χ2v) is 9.47. The molecule has 0 aromatic heterocycles. The molecule has 1 atom stereocenters. The van der Waals surface area contributed by atoms with E-state index < -0.39 is 21.8 Å². The van der Waals surface area contributed by atoms with Gasteiger partial charge in [-0.15, -0.1) is 0 Å². The summed E-state index contributed by atoms with van der Waals surface area (Å²) >= 11 is 18.1. The minimum absolute atomic E-state index is 0.202. The number of amides is 1. The Hall–Kier alpha value is -1.73. The lowest BCUT2D eigenvalue weighted by atomic mass is 10.1. The van der Waals surface area contributed by atoms with Crippen LogP contribution >= 0.6 is 34.8 Å². The summed E-state index contributed by atoms with van der Waals surface area (Å²) in [6.45, 7) is 1.50. The maximum absolute atomic E-state index is 12.9. The second kappa shape index (κ2) is 8.33. The number of anilines is 1. The Balaban J connectivity index is 1.86. The number of hydrogen-bond donors (Lipinski definition) is 0. The number of aryl methyl sites for hydroxylation is 1. The molecule has 2 aromatic carbocycles. The number of carbonyl (C=O) groups excluding carboxylic acids is 1. The predicted octanol–water partition coefficient (Wildman–Crippen LogP) is 4.68. The number of rotatable bonds is 5. The summed E-state index contributed by atoms with van der Waals surface area (Å²) in [7, 11) is -3.36. The van der Waals surface area contributed by atoms with Crippen LogP contribution in [0.2, 0.25) is 15.1 Å². The Morgan fingerprint density at radius 3 is 2.50 bits per heavy atom. The van der Waals surface area contributed by atoms with Gasteiger partial charge in [-0.1, -0.05) is 40.9 Å². The van der Waals surface area contributed by atoms with Gasteiger partial charge in [0.2, 0.25) is 0 Å². The van der Waals surface area contributed by atoms with Crippen LogP contribution in [0.4, 0.5) is 5.69 Å². The number of sulfone groups is 1. The number of benzene rings is 2. The Labute approximate surface area is 178 Å². The molecular weight excluding hydrogens is 445 g/mol. The van der Waals surface area contributed by atoms with Crippen molar-refractivity contribution < 1.29 is 17.9 Å². The molecule has 2 aromatic rings. The van der Waals surface area contributed by atoms with Crippen molar-refractivity contribution in [3.63, 3.8) is 0 Å². The van der Waals surface area contributed by atoms with Crippen LogP contribution in [0.1, 0.15) is 5.56 Å². The fourth-order valence-electron chi connectivity index (χ4n) is 2.77. The van der Waals surface area contributed by atoms with Gasteiger partial charge in [-0.3, -0.25) is 4.79 Å². The summed E-state index contributed by atoms with van der Waals surface area (Å²) in [5.74, 6) is -0.333. The van der Waals surface area contributed by atoms with Gasteiger partial charge < -0.3 is 9.64 Å². The van der Waals surface area contributed by atoms with E-state index in [1.54, 1.807) is 30.3 Å². The van der Waals surface area contributed by atoms with E-state index in [-0.39, 0.29) is 17.4 Å². The van der Waals surface area contributed by atoms with E-state index in [0.29, 0.717) is 21.5 Å². The lowest BCUT2D eigenvalue weighted by Gasteiger charge is -2.28. The van der Waals surface area contributed by atoms with Crippen molar-refractivity contribution in [3.05, 3.63) is 68.5 Å². The zero-order chi connectivity index (χ0) is 20.5.